The second-order valence-electron chi connectivity index (χ2n) is 7.53. The number of nitrogens with one attached hydrogen (secondary N) is 1. The number of hydrogen-bond donors (Lipinski definition) is 1. The Kier molecular flexibility index (Phi) is 5.56. The number of carbonyl (C=O) groups excluding carboxylic acids is 1. The van der Waals surface area contributed by atoms with E-state index in [0.717, 1.165) is 38.4 Å². The predicted octanol–water partition coefficient (Wildman–Crippen LogP) is 3.34. The van der Waals surface area contributed by atoms with Gasteiger partial charge >= 0.3 is 0 Å². The van der Waals surface area contributed by atoms with Gasteiger partial charge in [-0.2, -0.15) is 0 Å². The molecule has 120 valence electrons. The van der Waals surface area contributed by atoms with E-state index in [4.69, 9.17) is 0 Å². The molecule has 2 aliphatic carbocycles. The van der Waals surface area contributed by atoms with E-state index >= 15 is 0 Å². The molecule has 3 aliphatic rings. The van der Waals surface area contributed by atoms with Crippen LogP contribution in [0.4, 0.5) is 0 Å². The van der Waals surface area contributed by atoms with Gasteiger partial charge in [0.15, 0.2) is 0 Å². The fraction of sp³-hybridized carbons (Fsp3) is 0.944. The van der Waals surface area contributed by atoms with Gasteiger partial charge in [0.1, 0.15) is 0 Å². The third kappa shape index (κ3) is 4.70. The molecule has 1 amide bonds. The minimum absolute atomic E-state index is 0.452. The number of rotatable bonds is 6. The first kappa shape index (κ1) is 15.3. The highest BCUT2D eigenvalue weighted by atomic mass is 16.2. The molecule has 1 saturated heterocycles. The van der Waals surface area contributed by atoms with Crippen molar-refractivity contribution < 1.29 is 4.79 Å². The zero-order chi connectivity index (χ0) is 14.5. The minimum atomic E-state index is 0.452. The lowest BCUT2D eigenvalue weighted by molar-refractivity contribution is -0.132. The van der Waals surface area contributed by atoms with Crippen molar-refractivity contribution in [1.29, 1.82) is 0 Å². The third-order valence-corrected chi connectivity index (χ3v) is 5.65. The Morgan fingerprint density at radius 1 is 0.952 bits per heavy atom. The zero-order valence-electron chi connectivity index (χ0n) is 13.5. The largest absolute Gasteiger partial charge is 0.339 e. The fourth-order valence-corrected chi connectivity index (χ4v) is 4.15. The maximum absolute atomic E-state index is 12.6. The Morgan fingerprint density at radius 3 is 2.38 bits per heavy atom. The molecular weight excluding hydrogens is 260 g/mol. The van der Waals surface area contributed by atoms with E-state index in [9.17, 15) is 4.79 Å². The standard InChI is InChI=1S/C18H32N2O/c21-18(11-8-15-5-2-1-3-6-15)20(17-9-10-17)14-16-7-4-12-19-13-16/h15-17,19H,1-14H2. The van der Waals surface area contributed by atoms with E-state index in [1.54, 1.807) is 0 Å². The molecule has 2 saturated carbocycles. The van der Waals surface area contributed by atoms with Crippen LogP contribution in [0.2, 0.25) is 0 Å². The van der Waals surface area contributed by atoms with E-state index in [1.807, 2.05) is 0 Å². The highest BCUT2D eigenvalue weighted by Crippen LogP contribution is 2.31. The van der Waals surface area contributed by atoms with Crippen LogP contribution < -0.4 is 5.32 Å². The maximum Gasteiger partial charge on any atom is 0.222 e. The van der Waals surface area contributed by atoms with E-state index in [2.05, 4.69) is 10.2 Å². The number of hydrogen-bond acceptors (Lipinski definition) is 2. The van der Waals surface area contributed by atoms with Gasteiger partial charge in [0.05, 0.1) is 0 Å². The van der Waals surface area contributed by atoms with Crippen molar-refractivity contribution in [1.82, 2.24) is 10.2 Å². The van der Waals surface area contributed by atoms with Gasteiger partial charge in [-0.1, -0.05) is 32.1 Å². The van der Waals surface area contributed by atoms with Gasteiger partial charge in [-0.3, -0.25) is 4.79 Å². The van der Waals surface area contributed by atoms with Crippen molar-refractivity contribution in [2.75, 3.05) is 19.6 Å². The molecule has 1 heterocycles. The summed E-state index contributed by atoms with van der Waals surface area (Å²) in [7, 11) is 0. The minimum Gasteiger partial charge on any atom is -0.339 e. The molecule has 0 aromatic carbocycles. The van der Waals surface area contributed by atoms with Crippen molar-refractivity contribution in [3.8, 4) is 0 Å². The first-order valence-corrected chi connectivity index (χ1v) is 9.33. The van der Waals surface area contributed by atoms with Crippen LogP contribution >= 0.6 is 0 Å². The van der Waals surface area contributed by atoms with Crippen LogP contribution in [0.25, 0.3) is 0 Å². The Balaban J connectivity index is 1.44. The number of piperidine rings is 1. The van der Waals surface area contributed by atoms with Gasteiger partial charge in [-0.25, -0.2) is 0 Å². The first-order valence-electron chi connectivity index (χ1n) is 9.33. The molecule has 0 bridgehead atoms. The number of nitrogens with zero attached hydrogens (tertiary/aromatic N) is 1. The summed E-state index contributed by atoms with van der Waals surface area (Å²) in [6.45, 7) is 3.29. The molecule has 1 aliphatic heterocycles. The Morgan fingerprint density at radius 2 is 1.71 bits per heavy atom. The van der Waals surface area contributed by atoms with Crippen LogP contribution in [0.3, 0.4) is 0 Å². The topological polar surface area (TPSA) is 32.3 Å². The van der Waals surface area contributed by atoms with Crippen molar-refractivity contribution in [3.05, 3.63) is 0 Å². The van der Waals surface area contributed by atoms with Crippen LogP contribution in [0, 0.1) is 11.8 Å². The zero-order valence-corrected chi connectivity index (χ0v) is 13.5. The summed E-state index contributed by atoms with van der Waals surface area (Å²) in [5.41, 5.74) is 0. The summed E-state index contributed by atoms with van der Waals surface area (Å²) in [6.07, 6.45) is 13.9. The smallest absolute Gasteiger partial charge is 0.222 e. The molecule has 0 spiro atoms. The summed E-state index contributed by atoms with van der Waals surface area (Å²) in [4.78, 5) is 14.9. The van der Waals surface area contributed by atoms with Crippen molar-refractivity contribution >= 4 is 5.91 Å². The summed E-state index contributed by atoms with van der Waals surface area (Å²) in [6, 6.07) is 0.589. The second-order valence-corrected chi connectivity index (χ2v) is 7.53. The fourth-order valence-electron chi connectivity index (χ4n) is 4.15. The van der Waals surface area contributed by atoms with Gasteiger partial charge < -0.3 is 10.2 Å². The monoisotopic (exact) mass is 292 g/mol. The predicted molar refractivity (Wildman–Crippen MR) is 86.1 cm³/mol. The van der Waals surface area contributed by atoms with Crippen molar-refractivity contribution in [2.24, 2.45) is 11.8 Å². The van der Waals surface area contributed by atoms with E-state index < -0.39 is 0 Å². The average Bonchev–Trinajstić information content (AvgIpc) is 3.37. The maximum atomic E-state index is 12.6. The van der Waals surface area contributed by atoms with E-state index in [0.29, 0.717) is 17.9 Å². The average molecular weight is 292 g/mol. The van der Waals surface area contributed by atoms with Crippen LogP contribution in [0.5, 0.6) is 0 Å². The van der Waals surface area contributed by atoms with Crippen molar-refractivity contribution in [3.63, 3.8) is 0 Å². The summed E-state index contributed by atoms with van der Waals surface area (Å²) >= 11 is 0. The molecule has 1 N–H and O–H groups in total. The lowest BCUT2D eigenvalue weighted by Gasteiger charge is -2.31. The van der Waals surface area contributed by atoms with Gasteiger partial charge in [0.2, 0.25) is 5.91 Å². The molecule has 0 aromatic heterocycles. The molecule has 3 nitrogen and oxygen atoms in total. The van der Waals surface area contributed by atoms with E-state index in [-0.39, 0.29) is 0 Å². The van der Waals surface area contributed by atoms with Gasteiger partial charge in [0, 0.05) is 19.0 Å². The SMILES string of the molecule is O=C(CCC1CCCCC1)N(CC1CCCNC1)C1CC1. The van der Waals surface area contributed by atoms with Gasteiger partial charge in [0.25, 0.3) is 0 Å². The molecule has 3 heteroatoms. The lowest BCUT2D eigenvalue weighted by atomic mass is 9.86. The molecule has 3 fully saturated rings. The first-order chi connectivity index (χ1) is 10.3. The van der Waals surface area contributed by atoms with Crippen LogP contribution in [-0.2, 0) is 4.79 Å². The molecule has 21 heavy (non-hydrogen) atoms. The Hall–Kier alpha value is -0.570. The van der Waals surface area contributed by atoms with Crippen molar-refractivity contribution in [2.45, 2.75) is 76.7 Å². The summed E-state index contributed by atoms with van der Waals surface area (Å²) in [5.74, 6) is 1.98. The molecule has 0 aromatic rings. The molecule has 1 unspecified atom stereocenters. The third-order valence-electron chi connectivity index (χ3n) is 5.65. The quantitative estimate of drug-likeness (QED) is 0.814. The highest BCUT2D eigenvalue weighted by Gasteiger charge is 2.34. The van der Waals surface area contributed by atoms with Crippen LogP contribution in [0.1, 0.15) is 70.6 Å². The Bertz CT molecular complexity index is 328. The number of carbonyl (C=O) groups is 1. The normalized spacial score (nSPS) is 27.5. The van der Waals surface area contributed by atoms with E-state index in [1.165, 1.54) is 57.8 Å². The van der Waals surface area contributed by atoms with Gasteiger partial charge in [-0.15, -0.1) is 0 Å². The van der Waals surface area contributed by atoms with Crippen LogP contribution in [-0.4, -0.2) is 36.5 Å². The molecule has 1 atom stereocenters. The highest BCUT2D eigenvalue weighted by molar-refractivity contribution is 5.76. The summed E-state index contributed by atoms with van der Waals surface area (Å²) < 4.78 is 0. The van der Waals surface area contributed by atoms with Crippen LogP contribution in [0.15, 0.2) is 0 Å². The van der Waals surface area contributed by atoms with Gasteiger partial charge in [-0.05, 0) is 57.0 Å². The Labute approximate surface area is 129 Å². The number of amides is 1. The molecular formula is C18H32N2O. The lowest BCUT2D eigenvalue weighted by Crippen LogP contribution is -2.42. The summed E-state index contributed by atoms with van der Waals surface area (Å²) in [5, 5.41) is 3.48. The molecule has 3 rings (SSSR count). The second kappa shape index (κ2) is 7.62. The molecule has 0 radical (unpaired) electrons.